The van der Waals surface area contributed by atoms with E-state index in [1.165, 1.54) is 0 Å². The molecule has 0 fully saturated rings. The van der Waals surface area contributed by atoms with Gasteiger partial charge in [-0.15, -0.1) is 11.3 Å². The molecule has 1 aromatic carbocycles. The number of rotatable bonds is 6. The first-order chi connectivity index (χ1) is 12.2. The fraction of sp³-hybridized carbons (Fsp3) is 0.300. The third kappa shape index (κ3) is 4.79. The fourth-order valence-electron chi connectivity index (χ4n) is 2.88. The van der Waals surface area contributed by atoms with Crippen LogP contribution in [0.5, 0.6) is 0 Å². The van der Waals surface area contributed by atoms with Crippen LogP contribution in [-0.2, 0) is 14.3 Å². The Morgan fingerprint density at radius 1 is 1.16 bits per heavy atom. The molecular formula is C20H21NO3S. The van der Waals surface area contributed by atoms with Crippen LogP contribution < -0.4 is 5.32 Å². The molecule has 0 unspecified atom stereocenters. The van der Waals surface area contributed by atoms with E-state index in [1.54, 1.807) is 11.3 Å². The molecule has 2 aromatic rings. The average Bonchev–Trinajstić information content (AvgIpc) is 3.20. The lowest BCUT2D eigenvalue weighted by molar-refractivity contribution is -0.153. The lowest BCUT2D eigenvalue weighted by atomic mass is 9.95. The van der Waals surface area contributed by atoms with E-state index in [9.17, 15) is 9.59 Å². The van der Waals surface area contributed by atoms with E-state index in [-0.39, 0.29) is 30.4 Å². The maximum Gasteiger partial charge on any atom is 0.309 e. The summed E-state index contributed by atoms with van der Waals surface area (Å²) in [6, 6.07) is 13.5. The molecule has 1 aliphatic rings. The Bertz CT molecular complexity index is 725. The van der Waals surface area contributed by atoms with Gasteiger partial charge in [0.25, 0.3) is 5.91 Å². The van der Waals surface area contributed by atoms with Crippen LogP contribution in [0.15, 0.2) is 60.0 Å². The largest absolute Gasteiger partial charge is 0.455 e. The highest BCUT2D eigenvalue weighted by molar-refractivity contribution is 7.10. The van der Waals surface area contributed by atoms with Gasteiger partial charge in [0, 0.05) is 4.88 Å². The highest BCUT2D eigenvalue weighted by Gasteiger charge is 2.22. The molecule has 130 valence electrons. The molecule has 1 aliphatic carbocycles. The Morgan fingerprint density at radius 2 is 2.00 bits per heavy atom. The van der Waals surface area contributed by atoms with Crippen molar-refractivity contribution in [3.05, 3.63) is 70.4 Å². The van der Waals surface area contributed by atoms with Gasteiger partial charge in [-0.3, -0.25) is 9.59 Å². The van der Waals surface area contributed by atoms with Gasteiger partial charge in [0.1, 0.15) is 0 Å². The van der Waals surface area contributed by atoms with Crippen molar-refractivity contribution in [3.8, 4) is 0 Å². The van der Waals surface area contributed by atoms with Gasteiger partial charge in [-0.1, -0.05) is 48.6 Å². The van der Waals surface area contributed by atoms with Crippen molar-refractivity contribution in [1.82, 2.24) is 5.32 Å². The number of hydrogen-bond acceptors (Lipinski definition) is 4. The summed E-state index contributed by atoms with van der Waals surface area (Å²) in [6.45, 7) is -0.242. The van der Waals surface area contributed by atoms with Crippen LogP contribution in [0.3, 0.4) is 0 Å². The van der Waals surface area contributed by atoms with Gasteiger partial charge >= 0.3 is 5.97 Å². The van der Waals surface area contributed by atoms with E-state index in [2.05, 4.69) is 11.4 Å². The second-order valence-corrected chi connectivity index (χ2v) is 6.99. The molecule has 25 heavy (non-hydrogen) atoms. The van der Waals surface area contributed by atoms with E-state index < -0.39 is 0 Å². The first kappa shape index (κ1) is 17.4. The minimum Gasteiger partial charge on any atom is -0.455 e. The van der Waals surface area contributed by atoms with Gasteiger partial charge in [0.2, 0.25) is 0 Å². The number of carbonyl (C=O) groups is 2. The molecule has 2 atom stereocenters. The van der Waals surface area contributed by atoms with Crippen molar-refractivity contribution in [3.63, 3.8) is 0 Å². The van der Waals surface area contributed by atoms with Gasteiger partial charge in [0.05, 0.1) is 12.0 Å². The predicted molar refractivity (Wildman–Crippen MR) is 98.2 cm³/mol. The van der Waals surface area contributed by atoms with Gasteiger partial charge in [-0.05, 0) is 36.3 Å². The Morgan fingerprint density at radius 3 is 2.68 bits per heavy atom. The molecule has 5 heteroatoms. The molecule has 1 N–H and O–H groups in total. The third-order valence-corrected chi connectivity index (χ3v) is 5.15. The standard InChI is InChI=1S/C20H21NO3S/c22-18(14-24-20(23)16-10-5-2-6-11-16)21-19(17-12-7-13-25-17)15-8-3-1-4-9-15/h1-5,7-9,12-13,16,19H,6,10-11,14H2,(H,21,22)/t16-,19+/m0/s1. The van der Waals surface area contributed by atoms with Gasteiger partial charge < -0.3 is 10.1 Å². The van der Waals surface area contributed by atoms with Gasteiger partial charge in [-0.2, -0.15) is 0 Å². The molecular weight excluding hydrogens is 334 g/mol. The normalized spacial score (nSPS) is 17.7. The summed E-state index contributed by atoms with van der Waals surface area (Å²) >= 11 is 1.58. The summed E-state index contributed by atoms with van der Waals surface area (Å²) in [4.78, 5) is 25.4. The first-order valence-electron chi connectivity index (χ1n) is 8.43. The number of thiophene rings is 1. The molecule has 0 bridgehead atoms. The van der Waals surface area contributed by atoms with Crippen LogP contribution in [0.4, 0.5) is 0 Å². The molecule has 1 amide bonds. The van der Waals surface area contributed by atoms with Crippen LogP contribution >= 0.6 is 11.3 Å². The second kappa shape index (κ2) is 8.62. The Labute approximate surface area is 151 Å². The second-order valence-electron chi connectivity index (χ2n) is 6.02. The minimum atomic E-state index is -0.290. The summed E-state index contributed by atoms with van der Waals surface area (Å²) in [5, 5.41) is 4.95. The minimum absolute atomic E-state index is 0.125. The average molecular weight is 355 g/mol. The number of amides is 1. The summed E-state index contributed by atoms with van der Waals surface area (Å²) in [7, 11) is 0. The van der Waals surface area contributed by atoms with Crippen molar-refractivity contribution in [1.29, 1.82) is 0 Å². The summed E-state index contributed by atoms with van der Waals surface area (Å²) in [5.74, 6) is -0.700. The van der Waals surface area contributed by atoms with Crippen molar-refractivity contribution >= 4 is 23.2 Å². The number of esters is 1. The van der Waals surface area contributed by atoms with Crippen LogP contribution in [0.25, 0.3) is 0 Å². The summed E-state index contributed by atoms with van der Waals surface area (Å²) in [5.41, 5.74) is 1.00. The maximum absolute atomic E-state index is 12.3. The highest BCUT2D eigenvalue weighted by atomic mass is 32.1. The zero-order valence-corrected chi connectivity index (χ0v) is 14.7. The zero-order chi connectivity index (χ0) is 17.5. The molecule has 0 saturated carbocycles. The van der Waals surface area contributed by atoms with Crippen LogP contribution in [0.2, 0.25) is 0 Å². The highest BCUT2D eigenvalue weighted by Crippen LogP contribution is 2.26. The van der Waals surface area contributed by atoms with Crippen molar-refractivity contribution in [2.45, 2.75) is 25.3 Å². The van der Waals surface area contributed by atoms with E-state index in [4.69, 9.17) is 4.74 Å². The molecule has 0 radical (unpaired) electrons. The van der Waals surface area contributed by atoms with Crippen LogP contribution in [0.1, 0.15) is 35.7 Å². The molecule has 0 spiro atoms. The topological polar surface area (TPSA) is 55.4 Å². The summed E-state index contributed by atoms with van der Waals surface area (Å²) in [6.07, 6.45) is 6.45. The zero-order valence-electron chi connectivity index (χ0n) is 13.9. The number of nitrogens with one attached hydrogen (secondary N) is 1. The lowest BCUT2D eigenvalue weighted by Crippen LogP contribution is -2.33. The van der Waals surface area contributed by atoms with Crippen molar-refractivity contribution in [2.75, 3.05) is 6.61 Å². The molecule has 3 rings (SSSR count). The number of ether oxygens (including phenoxy) is 1. The molecule has 1 aromatic heterocycles. The SMILES string of the molecule is O=C(COC(=O)[C@H]1CC=CCC1)N[C@H](c1ccccc1)c1cccs1. The van der Waals surface area contributed by atoms with E-state index >= 15 is 0 Å². The van der Waals surface area contributed by atoms with Gasteiger partial charge in [0.15, 0.2) is 6.61 Å². The molecule has 0 aliphatic heterocycles. The fourth-order valence-corrected chi connectivity index (χ4v) is 3.69. The summed E-state index contributed by atoms with van der Waals surface area (Å²) < 4.78 is 5.22. The molecule has 1 heterocycles. The van der Waals surface area contributed by atoms with Crippen LogP contribution in [0, 0.1) is 5.92 Å². The quantitative estimate of drug-likeness (QED) is 0.632. The monoisotopic (exact) mass is 355 g/mol. The van der Waals surface area contributed by atoms with Crippen molar-refractivity contribution in [2.24, 2.45) is 5.92 Å². The van der Waals surface area contributed by atoms with E-state index in [1.807, 2.05) is 53.9 Å². The lowest BCUT2D eigenvalue weighted by Gasteiger charge is -2.19. The van der Waals surface area contributed by atoms with E-state index in [0.717, 1.165) is 23.3 Å². The number of benzene rings is 1. The number of allylic oxidation sites excluding steroid dienone is 2. The van der Waals surface area contributed by atoms with E-state index in [0.29, 0.717) is 6.42 Å². The number of carbonyl (C=O) groups excluding carboxylic acids is 2. The molecule has 4 nitrogen and oxygen atoms in total. The maximum atomic E-state index is 12.3. The first-order valence-corrected chi connectivity index (χ1v) is 9.31. The van der Waals surface area contributed by atoms with Crippen molar-refractivity contribution < 1.29 is 14.3 Å². The predicted octanol–water partition coefficient (Wildman–Crippen LogP) is 3.85. The smallest absolute Gasteiger partial charge is 0.309 e. The molecule has 0 saturated heterocycles. The van der Waals surface area contributed by atoms with Gasteiger partial charge in [-0.25, -0.2) is 0 Å². The number of hydrogen-bond donors (Lipinski definition) is 1. The Hall–Kier alpha value is -2.40. The Balaban J connectivity index is 1.59. The third-order valence-electron chi connectivity index (χ3n) is 4.21. The Kier molecular flexibility index (Phi) is 6.01. The van der Waals surface area contributed by atoms with Crippen LogP contribution in [-0.4, -0.2) is 18.5 Å².